The molecule has 3 N–H and O–H groups in total. The van der Waals surface area contributed by atoms with Gasteiger partial charge in [-0.05, 0) is 31.7 Å². The standard InChI is InChI=1S/C22H26N4O5/c1-2-26-12-14(19(25-26)21(28)23-11-10-13-6-4-3-5-7-13)24-20(27)17-15-8-9-16(31-15)18(17)22(29)30/h3-7,12,15-18H,2,8-11H2,1H3,(H,23,28)(H,24,27)(H,29,30)/t15-,16-,17-,18+/m1/s1. The average molecular weight is 426 g/mol. The SMILES string of the molecule is CCn1cc(NC(=O)[C@H]2[C@@H](C(=O)O)[C@H]3CC[C@H]2O3)c(C(=O)NCCc2ccccc2)n1. The molecule has 0 saturated carbocycles. The molecule has 2 aromatic rings. The number of carboxylic acid groups (broad SMARTS) is 1. The Labute approximate surface area is 179 Å². The molecule has 0 spiro atoms. The molecule has 164 valence electrons. The minimum absolute atomic E-state index is 0.110. The Morgan fingerprint density at radius 3 is 2.55 bits per heavy atom. The summed E-state index contributed by atoms with van der Waals surface area (Å²) in [5, 5.41) is 19.4. The van der Waals surface area contributed by atoms with Gasteiger partial charge in [-0.25, -0.2) is 0 Å². The topological polar surface area (TPSA) is 123 Å². The fourth-order valence-electron chi connectivity index (χ4n) is 4.43. The van der Waals surface area contributed by atoms with Crippen LogP contribution in [0.2, 0.25) is 0 Å². The number of aromatic nitrogens is 2. The number of hydrogen-bond donors (Lipinski definition) is 3. The molecule has 9 nitrogen and oxygen atoms in total. The van der Waals surface area contributed by atoms with Crippen LogP contribution in [-0.4, -0.2) is 51.4 Å². The number of amides is 2. The molecule has 9 heteroatoms. The maximum atomic E-state index is 13.0. The van der Waals surface area contributed by atoms with Gasteiger partial charge in [0.2, 0.25) is 5.91 Å². The first-order valence-electron chi connectivity index (χ1n) is 10.6. The largest absolute Gasteiger partial charge is 0.481 e. The van der Waals surface area contributed by atoms with Gasteiger partial charge in [-0.15, -0.1) is 0 Å². The molecule has 2 amide bonds. The highest BCUT2D eigenvalue weighted by atomic mass is 16.5. The lowest BCUT2D eigenvalue weighted by Crippen LogP contribution is -2.41. The molecule has 2 saturated heterocycles. The maximum Gasteiger partial charge on any atom is 0.310 e. The monoisotopic (exact) mass is 426 g/mol. The van der Waals surface area contributed by atoms with E-state index in [-0.39, 0.29) is 11.4 Å². The number of nitrogens with zero attached hydrogens (tertiary/aromatic N) is 2. The van der Waals surface area contributed by atoms with Crippen LogP contribution in [0.4, 0.5) is 5.69 Å². The molecular weight excluding hydrogens is 400 g/mol. The summed E-state index contributed by atoms with van der Waals surface area (Å²) in [6.07, 6.45) is 2.73. The molecule has 2 aliphatic rings. The predicted octanol–water partition coefficient (Wildman–Crippen LogP) is 1.69. The Morgan fingerprint density at radius 1 is 1.16 bits per heavy atom. The van der Waals surface area contributed by atoms with Gasteiger partial charge in [0.25, 0.3) is 5.91 Å². The Hall–Kier alpha value is -3.20. The van der Waals surface area contributed by atoms with Gasteiger partial charge >= 0.3 is 5.97 Å². The lowest BCUT2D eigenvalue weighted by molar-refractivity contribution is -0.147. The van der Waals surface area contributed by atoms with Crippen molar-refractivity contribution >= 4 is 23.5 Å². The van der Waals surface area contributed by atoms with Crippen molar-refractivity contribution in [1.29, 1.82) is 0 Å². The summed E-state index contributed by atoms with van der Waals surface area (Å²) in [4.78, 5) is 37.4. The van der Waals surface area contributed by atoms with E-state index in [1.807, 2.05) is 37.3 Å². The zero-order valence-corrected chi connectivity index (χ0v) is 17.3. The number of hydrogen-bond acceptors (Lipinski definition) is 5. The van der Waals surface area contributed by atoms with Gasteiger partial charge in [0.15, 0.2) is 5.69 Å². The van der Waals surface area contributed by atoms with Crippen LogP contribution < -0.4 is 10.6 Å². The second kappa shape index (κ2) is 8.89. The average Bonchev–Trinajstić information content (AvgIpc) is 3.48. The van der Waals surface area contributed by atoms with Crippen molar-refractivity contribution in [2.45, 2.75) is 44.9 Å². The van der Waals surface area contributed by atoms with Gasteiger partial charge in [0.1, 0.15) is 0 Å². The quantitative estimate of drug-likeness (QED) is 0.590. The number of carbonyl (C=O) groups is 3. The predicted molar refractivity (Wildman–Crippen MR) is 112 cm³/mol. The van der Waals surface area contributed by atoms with E-state index in [2.05, 4.69) is 15.7 Å². The third-order valence-electron chi connectivity index (χ3n) is 5.96. The van der Waals surface area contributed by atoms with Crippen molar-refractivity contribution in [2.75, 3.05) is 11.9 Å². The normalized spacial score (nSPS) is 24.2. The number of anilines is 1. The second-order valence-electron chi connectivity index (χ2n) is 7.91. The summed E-state index contributed by atoms with van der Waals surface area (Å²) in [5.74, 6) is -3.53. The van der Waals surface area contributed by atoms with Gasteiger partial charge in [-0.3, -0.25) is 19.1 Å². The van der Waals surface area contributed by atoms with E-state index in [0.29, 0.717) is 32.4 Å². The third kappa shape index (κ3) is 4.32. The summed E-state index contributed by atoms with van der Waals surface area (Å²) in [6.45, 7) is 2.82. The fourth-order valence-corrected chi connectivity index (χ4v) is 4.43. The van der Waals surface area contributed by atoms with E-state index in [9.17, 15) is 19.5 Å². The molecule has 3 heterocycles. The molecule has 0 unspecified atom stereocenters. The first-order valence-corrected chi connectivity index (χ1v) is 10.6. The highest BCUT2D eigenvalue weighted by molar-refractivity contribution is 6.03. The molecule has 31 heavy (non-hydrogen) atoms. The van der Waals surface area contributed by atoms with Crippen molar-refractivity contribution < 1.29 is 24.2 Å². The van der Waals surface area contributed by atoms with Crippen molar-refractivity contribution in [1.82, 2.24) is 15.1 Å². The fraction of sp³-hybridized carbons (Fsp3) is 0.455. The number of fused-ring (bicyclic) bond motifs is 2. The highest BCUT2D eigenvalue weighted by Gasteiger charge is 2.55. The van der Waals surface area contributed by atoms with E-state index in [1.165, 1.54) is 0 Å². The smallest absolute Gasteiger partial charge is 0.310 e. The van der Waals surface area contributed by atoms with Crippen LogP contribution in [0, 0.1) is 11.8 Å². The summed E-state index contributed by atoms with van der Waals surface area (Å²) in [6, 6.07) is 9.79. The lowest BCUT2D eigenvalue weighted by Gasteiger charge is -2.23. The number of carboxylic acids is 1. The number of nitrogens with one attached hydrogen (secondary N) is 2. The number of aryl methyl sites for hydroxylation is 1. The second-order valence-corrected chi connectivity index (χ2v) is 7.91. The molecule has 0 radical (unpaired) electrons. The summed E-state index contributed by atoms with van der Waals surface area (Å²) in [7, 11) is 0. The lowest BCUT2D eigenvalue weighted by atomic mass is 9.78. The van der Waals surface area contributed by atoms with Crippen LogP contribution in [0.3, 0.4) is 0 Å². The van der Waals surface area contributed by atoms with Crippen LogP contribution in [0.25, 0.3) is 0 Å². The Balaban J connectivity index is 1.45. The van der Waals surface area contributed by atoms with Gasteiger partial charge in [0, 0.05) is 19.3 Å². The van der Waals surface area contributed by atoms with Crippen molar-refractivity contribution in [3.63, 3.8) is 0 Å². The van der Waals surface area contributed by atoms with E-state index in [0.717, 1.165) is 5.56 Å². The van der Waals surface area contributed by atoms with Crippen LogP contribution in [-0.2, 0) is 27.3 Å². The van der Waals surface area contributed by atoms with Gasteiger partial charge in [0.05, 0.1) is 29.7 Å². The maximum absolute atomic E-state index is 13.0. The van der Waals surface area contributed by atoms with Crippen LogP contribution >= 0.6 is 0 Å². The summed E-state index contributed by atoms with van der Waals surface area (Å²) >= 11 is 0. The minimum Gasteiger partial charge on any atom is -0.481 e. The molecule has 4 rings (SSSR count). The van der Waals surface area contributed by atoms with Gasteiger partial charge in [-0.1, -0.05) is 30.3 Å². The molecule has 2 bridgehead atoms. The Bertz CT molecular complexity index is 974. The zero-order chi connectivity index (χ0) is 22.0. The van der Waals surface area contributed by atoms with Crippen molar-refractivity contribution in [3.05, 3.63) is 47.8 Å². The summed E-state index contributed by atoms with van der Waals surface area (Å²) < 4.78 is 7.24. The minimum atomic E-state index is -1.03. The molecule has 2 aliphatic heterocycles. The Morgan fingerprint density at radius 2 is 1.87 bits per heavy atom. The third-order valence-corrected chi connectivity index (χ3v) is 5.96. The van der Waals surface area contributed by atoms with Crippen molar-refractivity contribution in [3.8, 4) is 0 Å². The zero-order valence-electron chi connectivity index (χ0n) is 17.3. The van der Waals surface area contributed by atoms with Crippen molar-refractivity contribution in [2.24, 2.45) is 11.8 Å². The first kappa shape index (κ1) is 21.0. The van der Waals surface area contributed by atoms with Gasteiger partial charge < -0.3 is 20.5 Å². The van der Waals surface area contributed by atoms with E-state index >= 15 is 0 Å². The van der Waals surface area contributed by atoms with Crippen LogP contribution in [0.15, 0.2) is 36.5 Å². The van der Waals surface area contributed by atoms with Crippen LogP contribution in [0.5, 0.6) is 0 Å². The van der Waals surface area contributed by atoms with E-state index < -0.39 is 41.8 Å². The molecule has 4 atom stereocenters. The van der Waals surface area contributed by atoms with E-state index in [1.54, 1.807) is 10.9 Å². The Kier molecular flexibility index (Phi) is 6.03. The van der Waals surface area contributed by atoms with Crippen LogP contribution in [0.1, 0.15) is 35.8 Å². The number of benzene rings is 1. The number of aliphatic carboxylic acids is 1. The number of ether oxygens (including phenoxy) is 1. The van der Waals surface area contributed by atoms with Gasteiger partial charge in [-0.2, -0.15) is 5.10 Å². The molecule has 2 fully saturated rings. The first-order chi connectivity index (χ1) is 15.0. The summed E-state index contributed by atoms with van der Waals surface area (Å²) in [5.41, 5.74) is 1.49. The molecule has 0 aliphatic carbocycles. The van der Waals surface area contributed by atoms with E-state index in [4.69, 9.17) is 4.74 Å². The number of rotatable bonds is 8. The number of carbonyl (C=O) groups excluding carboxylic acids is 2. The molecule has 1 aromatic carbocycles. The molecule has 1 aromatic heterocycles. The molecular formula is C22H26N4O5. The highest BCUT2D eigenvalue weighted by Crippen LogP contribution is 2.44.